The summed E-state index contributed by atoms with van der Waals surface area (Å²) in [6.07, 6.45) is 13.5. The molecule has 2 unspecified atom stereocenters. The fourth-order valence-corrected chi connectivity index (χ4v) is 5.71. The molecule has 0 aromatic heterocycles. The molecule has 0 rings (SSSR count). The first kappa shape index (κ1) is 36.8. The molecule has 2 atom stereocenters. The molecular weight excluding hydrogens is 456 g/mol. The zero-order valence-corrected chi connectivity index (χ0v) is 26.9. The lowest BCUT2D eigenvalue weighted by Crippen LogP contribution is -2.45. The highest BCUT2D eigenvalue weighted by Gasteiger charge is 2.20. The Hall–Kier alpha value is -0.200. The van der Waals surface area contributed by atoms with Crippen LogP contribution in [0, 0.1) is 0 Å². The zero-order valence-electron chi connectivity index (χ0n) is 26.9. The Balaban J connectivity index is 4.59. The highest BCUT2D eigenvalue weighted by molar-refractivity contribution is 4.76. The zero-order chi connectivity index (χ0) is 27.7. The van der Waals surface area contributed by atoms with Crippen LogP contribution in [0.4, 0.5) is 0 Å². The van der Waals surface area contributed by atoms with Gasteiger partial charge in [-0.15, -0.1) is 0 Å². The lowest BCUT2D eigenvalue weighted by Gasteiger charge is -2.35. The predicted octanol–water partition coefficient (Wildman–Crippen LogP) is 7.01. The Kier molecular flexibility index (Phi) is 25.9. The maximum atomic E-state index is 6.20. The molecule has 0 aliphatic rings. The van der Waals surface area contributed by atoms with Crippen molar-refractivity contribution >= 4 is 0 Å². The van der Waals surface area contributed by atoms with Crippen LogP contribution in [0.3, 0.4) is 0 Å². The van der Waals surface area contributed by atoms with Crippen molar-refractivity contribution in [2.45, 2.75) is 132 Å². The maximum Gasteiger partial charge on any atom is 0.0594 e. The topological polar surface area (TPSA) is 22.2 Å². The summed E-state index contributed by atoms with van der Waals surface area (Å²) in [6, 6.07) is 1.36. The van der Waals surface area contributed by atoms with E-state index in [9.17, 15) is 0 Å². The van der Waals surface area contributed by atoms with Crippen molar-refractivity contribution in [2.75, 3.05) is 78.7 Å². The molecule has 0 spiro atoms. The van der Waals surface area contributed by atoms with Gasteiger partial charge in [0.15, 0.2) is 0 Å². The maximum absolute atomic E-state index is 6.20. The van der Waals surface area contributed by atoms with E-state index in [0.29, 0.717) is 12.1 Å². The van der Waals surface area contributed by atoms with Gasteiger partial charge in [-0.3, -0.25) is 19.6 Å². The molecule has 0 fully saturated rings. The molecule has 0 saturated carbocycles. The lowest BCUT2D eigenvalue weighted by molar-refractivity contribution is 0.0645. The number of rotatable bonds is 28. The van der Waals surface area contributed by atoms with Gasteiger partial charge in [0.05, 0.1) is 13.2 Å². The first-order chi connectivity index (χ1) is 18.0. The Morgan fingerprint density at radius 3 is 1.14 bits per heavy atom. The third-order valence-electron chi connectivity index (χ3n) is 8.38. The molecule has 0 amide bonds. The summed E-state index contributed by atoms with van der Waals surface area (Å²) in [6.45, 7) is 31.5. The van der Waals surface area contributed by atoms with Gasteiger partial charge in [0.1, 0.15) is 0 Å². The van der Waals surface area contributed by atoms with Crippen LogP contribution in [-0.2, 0) is 4.74 Å². The number of hydrogen-bond donors (Lipinski definition) is 0. The molecule has 0 aromatic carbocycles. The van der Waals surface area contributed by atoms with E-state index in [1.807, 2.05) is 0 Å². The molecule has 0 N–H and O–H groups in total. The molecule has 0 radical (unpaired) electrons. The summed E-state index contributed by atoms with van der Waals surface area (Å²) >= 11 is 0. The molecular formula is C32H70N4O. The van der Waals surface area contributed by atoms with Crippen molar-refractivity contribution in [3.8, 4) is 0 Å². The fraction of sp³-hybridized carbons (Fsp3) is 1.00. The minimum atomic E-state index is 0.678. The van der Waals surface area contributed by atoms with E-state index in [0.717, 1.165) is 65.6 Å². The second kappa shape index (κ2) is 26.0. The van der Waals surface area contributed by atoms with Gasteiger partial charge < -0.3 is 4.74 Å². The SMILES string of the molecule is CCCCCCC(CN(CC)CCOCCN(CC)CC(CCCCCC)N(CC)CC)N(CC)CC. The van der Waals surface area contributed by atoms with E-state index in [4.69, 9.17) is 4.74 Å². The molecule has 0 aliphatic carbocycles. The van der Waals surface area contributed by atoms with Crippen molar-refractivity contribution in [1.82, 2.24) is 19.6 Å². The van der Waals surface area contributed by atoms with E-state index in [1.165, 1.54) is 77.3 Å². The smallest absolute Gasteiger partial charge is 0.0594 e. The van der Waals surface area contributed by atoms with Crippen LogP contribution in [0.25, 0.3) is 0 Å². The Labute approximate surface area is 234 Å². The van der Waals surface area contributed by atoms with Gasteiger partial charge in [-0.2, -0.15) is 0 Å². The van der Waals surface area contributed by atoms with Crippen molar-refractivity contribution in [2.24, 2.45) is 0 Å². The van der Waals surface area contributed by atoms with E-state index in [1.54, 1.807) is 0 Å². The monoisotopic (exact) mass is 527 g/mol. The van der Waals surface area contributed by atoms with Crippen molar-refractivity contribution in [3.05, 3.63) is 0 Å². The third-order valence-corrected chi connectivity index (χ3v) is 8.38. The lowest BCUT2D eigenvalue weighted by atomic mass is 10.0. The summed E-state index contributed by atoms with van der Waals surface area (Å²) in [5.74, 6) is 0. The summed E-state index contributed by atoms with van der Waals surface area (Å²) < 4.78 is 6.20. The van der Waals surface area contributed by atoms with Gasteiger partial charge in [-0.05, 0) is 52.1 Å². The minimum Gasteiger partial charge on any atom is -0.379 e. The third kappa shape index (κ3) is 17.9. The quantitative estimate of drug-likeness (QED) is 0.102. The average Bonchev–Trinajstić information content (AvgIpc) is 2.92. The Bertz CT molecular complexity index is 416. The van der Waals surface area contributed by atoms with E-state index in [2.05, 4.69) is 75.0 Å². The average molecular weight is 527 g/mol. The first-order valence-corrected chi connectivity index (χ1v) is 16.5. The van der Waals surface area contributed by atoms with Crippen LogP contribution in [0.5, 0.6) is 0 Å². The molecule has 37 heavy (non-hydrogen) atoms. The minimum absolute atomic E-state index is 0.678. The summed E-state index contributed by atoms with van der Waals surface area (Å²) in [4.78, 5) is 10.6. The van der Waals surface area contributed by atoms with Crippen LogP contribution < -0.4 is 0 Å². The largest absolute Gasteiger partial charge is 0.379 e. The number of unbranched alkanes of at least 4 members (excludes halogenated alkanes) is 6. The molecule has 0 saturated heterocycles. The van der Waals surface area contributed by atoms with Gasteiger partial charge in [-0.1, -0.05) is 107 Å². The second-order valence-corrected chi connectivity index (χ2v) is 10.8. The number of likely N-dealkylation sites (N-methyl/N-ethyl adjacent to an activating group) is 4. The van der Waals surface area contributed by atoms with Crippen LogP contribution in [0.15, 0.2) is 0 Å². The van der Waals surface area contributed by atoms with E-state index in [-0.39, 0.29) is 0 Å². The van der Waals surface area contributed by atoms with E-state index >= 15 is 0 Å². The second-order valence-electron chi connectivity index (χ2n) is 10.8. The van der Waals surface area contributed by atoms with Gasteiger partial charge >= 0.3 is 0 Å². The first-order valence-electron chi connectivity index (χ1n) is 16.5. The normalized spacial score (nSPS) is 13.9. The van der Waals surface area contributed by atoms with Gasteiger partial charge in [0, 0.05) is 38.3 Å². The number of ether oxygens (including phenoxy) is 1. The van der Waals surface area contributed by atoms with Gasteiger partial charge in [-0.25, -0.2) is 0 Å². The molecule has 224 valence electrons. The Morgan fingerprint density at radius 2 is 0.838 bits per heavy atom. The number of nitrogens with zero attached hydrogens (tertiary/aromatic N) is 4. The standard InChI is InChI=1S/C32H70N4O/c1-9-17-19-21-23-31(35(13-5)14-6)29-33(11-3)25-27-37-28-26-34(12-4)30-32(36(15-7)16-8)24-22-20-18-10-2/h31-32H,9-30H2,1-8H3. The van der Waals surface area contributed by atoms with Crippen LogP contribution in [0.2, 0.25) is 0 Å². The molecule has 0 aromatic rings. The molecule has 5 nitrogen and oxygen atoms in total. The van der Waals surface area contributed by atoms with Crippen molar-refractivity contribution < 1.29 is 4.74 Å². The van der Waals surface area contributed by atoms with Crippen LogP contribution in [-0.4, -0.2) is 110 Å². The van der Waals surface area contributed by atoms with Gasteiger partial charge in [0.25, 0.3) is 0 Å². The highest BCUT2D eigenvalue weighted by Crippen LogP contribution is 2.14. The van der Waals surface area contributed by atoms with Crippen molar-refractivity contribution in [1.29, 1.82) is 0 Å². The summed E-state index contributed by atoms with van der Waals surface area (Å²) in [5, 5.41) is 0. The molecule has 5 heteroatoms. The summed E-state index contributed by atoms with van der Waals surface area (Å²) in [5.41, 5.74) is 0. The van der Waals surface area contributed by atoms with Crippen LogP contribution >= 0.6 is 0 Å². The molecule has 0 heterocycles. The molecule has 0 aliphatic heterocycles. The van der Waals surface area contributed by atoms with E-state index < -0.39 is 0 Å². The molecule has 0 bridgehead atoms. The fourth-order valence-electron chi connectivity index (χ4n) is 5.71. The number of hydrogen-bond acceptors (Lipinski definition) is 5. The summed E-state index contributed by atoms with van der Waals surface area (Å²) in [7, 11) is 0. The van der Waals surface area contributed by atoms with Crippen molar-refractivity contribution in [3.63, 3.8) is 0 Å². The predicted molar refractivity (Wildman–Crippen MR) is 166 cm³/mol. The Morgan fingerprint density at radius 1 is 0.459 bits per heavy atom. The van der Waals surface area contributed by atoms with Crippen LogP contribution in [0.1, 0.15) is 120 Å². The highest BCUT2D eigenvalue weighted by atomic mass is 16.5. The van der Waals surface area contributed by atoms with Gasteiger partial charge in [0.2, 0.25) is 0 Å².